The van der Waals surface area contributed by atoms with E-state index < -0.39 is 5.97 Å². The first-order chi connectivity index (χ1) is 20.9. The third-order valence-electron chi connectivity index (χ3n) is 7.97. The summed E-state index contributed by atoms with van der Waals surface area (Å²) in [5, 5.41) is 30.7. The lowest BCUT2D eigenvalue weighted by atomic mass is 10.0. The third-order valence-corrected chi connectivity index (χ3v) is 7.97. The molecule has 0 aliphatic carbocycles. The van der Waals surface area contributed by atoms with E-state index in [2.05, 4.69) is 21.7 Å². The van der Waals surface area contributed by atoms with Gasteiger partial charge in [-0.25, -0.2) is 4.68 Å². The van der Waals surface area contributed by atoms with E-state index in [1.807, 2.05) is 59.1 Å². The first kappa shape index (κ1) is 29.6. The molecule has 0 atom stereocenters. The number of aromatic amines is 1. The number of likely N-dealkylation sites (tertiary alicyclic amines) is 1. The number of aliphatic carboxylic acids is 1. The Morgan fingerprint density at radius 2 is 1.84 bits per heavy atom. The second kappa shape index (κ2) is 13.9. The molecular formula is C32H38N8O3. The smallest absolute Gasteiger partial charge is 0.303 e. The van der Waals surface area contributed by atoms with Gasteiger partial charge in [-0.1, -0.05) is 37.5 Å². The number of anilines is 2. The van der Waals surface area contributed by atoms with Crippen molar-refractivity contribution in [3.05, 3.63) is 59.7 Å². The molecule has 5 rings (SSSR count). The fourth-order valence-electron chi connectivity index (χ4n) is 5.57. The standard InChI is InChI=1S/C32H38N8O3/c1-34-26-10-7-6-9-25(26)31(43)39-17-14-24(15-18-39)35-32-37-30(28-20-23-13-12-22(21-33)19-27(23)36-28)38-40(32)16-8-4-2-3-5-11-29(41)42/h6-7,9-10,12-13,19-20,24,34,36H,2-5,8,11,14-18H2,1H3,(H,41,42)(H,35,37,38). The van der Waals surface area contributed by atoms with Crippen molar-refractivity contribution in [1.82, 2.24) is 24.6 Å². The number of aromatic nitrogens is 4. The molecule has 0 unspecified atom stereocenters. The van der Waals surface area contributed by atoms with Gasteiger partial charge in [-0.15, -0.1) is 5.10 Å². The third kappa shape index (κ3) is 7.33. The fraction of sp³-hybridized carbons (Fsp3) is 0.406. The van der Waals surface area contributed by atoms with Crippen LogP contribution in [-0.4, -0.2) is 67.8 Å². The van der Waals surface area contributed by atoms with Gasteiger partial charge in [0.2, 0.25) is 5.95 Å². The molecule has 1 aliphatic heterocycles. The molecule has 2 aromatic carbocycles. The zero-order chi connectivity index (χ0) is 30.2. The molecular weight excluding hydrogens is 544 g/mol. The summed E-state index contributed by atoms with van der Waals surface area (Å²) in [4.78, 5) is 34.1. The highest BCUT2D eigenvalue weighted by Crippen LogP contribution is 2.26. The molecule has 1 fully saturated rings. The van der Waals surface area contributed by atoms with Crippen LogP contribution in [0.4, 0.5) is 11.6 Å². The number of carbonyl (C=O) groups is 2. The molecule has 0 bridgehead atoms. The van der Waals surface area contributed by atoms with Gasteiger partial charge in [0.15, 0.2) is 5.82 Å². The largest absolute Gasteiger partial charge is 0.481 e. The van der Waals surface area contributed by atoms with Crippen molar-refractivity contribution in [3.8, 4) is 17.6 Å². The Bertz CT molecular complexity index is 1610. The number of amides is 1. The molecule has 0 spiro atoms. The van der Waals surface area contributed by atoms with Crippen molar-refractivity contribution in [3.63, 3.8) is 0 Å². The van der Waals surface area contributed by atoms with Crippen molar-refractivity contribution in [2.75, 3.05) is 30.8 Å². The van der Waals surface area contributed by atoms with Gasteiger partial charge < -0.3 is 25.6 Å². The highest BCUT2D eigenvalue weighted by atomic mass is 16.4. The van der Waals surface area contributed by atoms with Gasteiger partial charge in [0.05, 0.1) is 22.9 Å². The van der Waals surface area contributed by atoms with Crippen LogP contribution in [0, 0.1) is 11.3 Å². The van der Waals surface area contributed by atoms with Gasteiger partial charge in [0, 0.05) is 55.7 Å². The zero-order valence-corrected chi connectivity index (χ0v) is 24.5. The van der Waals surface area contributed by atoms with E-state index >= 15 is 0 Å². The van der Waals surface area contributed by atoms with Gasteiger partial charge in [0.1, 0.15) is 0 Å². The topological polar surface area (TPSA) is 152 Å². The number of nitriles is 1. The molecule has 224 valence electrons. The van der Waals surface area contributed by atoms with Crippen LogP contribution in [0.15, 0.2) is 48.5 Å². The average Bonchev–Trinajstić information content (AvgIpc) is 3.64. The second-order valence-electron chi connectivity index (χ2n) is 11.0. The van der Waals surface area contributed by atoms with Gasteiger partial charge in [-0.2, -0.15) is 10.2 Å². The van der Waals surface area contributed by atoms with Crippen LogP contribution in [0.25, 0.3) is 22.4 Å². The summed E-state index contributed by atoms with van der Waals surface area (Å²) < 4.78 is 1.92. The summed E-state index contributed by atoms with van der Waals surface area (Å²) in [5.74, 6) is 0.567. The summed E-state index contributed by atoms with van der Waals surface area (Å²) >= 11 is 0. The first-order valence-electron chi connectivity index (χ1n) is 15.0. The number of carboxylic acids is 1. The predicted molar refractivity (Wildman–Crippen MR) is 166 cm³/mol. The molecule has 11 heteroatoms. The maximum absolute atomic E-state index is 13.2. The number of hydrogen-bond acceptors (Lipinski definition) is 7. The molecule has 0 saturated carbocycles. The van der Waals surface area contributed by atoms with E-state index in [4.69, 9.17) is 15.2 Å². The minimum atomic E-state index is -0.746. The lowest BCUT2D eigenvalue weighted by Gasteiger charge is -2.33. The zero-order valence-electron chi connectivity index (χ0n) is 24.5. The van der Waals surface area contributed by atoms with Crippen LogP contribution in [0.3, 0.4) is 0 Å². The molecule has 1 aliphatic rings. The Balaban J connectivity index is 1.26. The SMILES string of the molecule is CNc1ccccc1C(=O)N1CCC(Nc2nc(-c3cc4ccc(C#N)cc4[nH]3)nn2CCCCCCCC(=O)O)CC1. The van der Waals surface area contributed by atoms with E-state index in [0.29, 0.717) is 49.0 Å². The molecule has 3 heterocycles. The van der Waals surface area contributed by atoms with Gasteiger partial charge in [-0.3, -0.25) is 9.59 Å². The summed E-state index contributed by atoms with van der Waals surface area (Å²) in [6.07, 6.45) is 6.26. The number of fused-ring (bicyclic) bond motifs is 1. The Hall–Kier alpha value is -4.85. The highest BCUT2D eigenvalue weighted by Gasteiger charge is 2.26. The normalized spacial score (nSPS) is 13.6. The van der Waals surface area contributed by atoms with E-state index in [1.54, 1.807) is 6.07 Å². The van der Waals surface area contributed by atoms with Crippen LogP contribution >= 0.6 is 0 Å². The number of rotatable bonds is 13. The van der Waals surface area contributed by atoms with Crippen LogP contribution in [-0.2, 0) is 11.3 Å². The Morgan fingerprint density at radius 1 is 1.07 bits per heavy atom. The number of aryl methyl sites for hydroxylation is 1. The number of carboxylic acid groups (broad SMARTS) is 1. The summed E-state index contributed by atoms with van der Waals surface area (Å²) in [6, 6.07) is 17.4. The number of nitrogens with one attached hydrogen (secondary N) is 3. The maximum Gasteiger partial charge on any atom is 0.303 e. The lowest BCUT2D eigenvalue weighted by Crippen LogP contribution is -2.42. The number of benzene rings is 2. The molecule has 43 heavy (non-hydrogen) atoms. The first-order valence-corrected chi connectivity index (χ1v) is 15.0. The van der Waals surface area contributed by atoms with Crippen molar-refractivity contribution < 1.29 is 14.7 Å². The molecule has 4 N–H and O–H groups in total. The van der Waals surface area contributed by atoms with Crippen LogP contribution in [0.1, 0.15) is 67.3 Å². The van der Waals surface area contributed by atoms with Crippen molar-refractivity contribution in [1.29, 1.82) is 5.26 Å². The molecule has 1 saturated heterocycles. The van der Waals surface area contributed by atoms with Crippen molar-refractivity contribution >= 4 is 34.4 Å². The monoisotopic (exact) mass is 582 g/mol. The predicted octanol–water partition coefficient (Wildman–Crippen LogP) is 5.48. The number of H-pyrrole nitrogens is 1. The van der Waals surface area contributed by atoms with E-state index in [1.165, 1.54) is 0 Å². The van der Waals surface area contributed by atoms with Crippen LogP contribution in [0.2, 0.25) is 0 Å². The maximum atomic E-state index is 13.2. The van der Waals surface area contributed by atoms with Crippen molar-refractivity contribution in [2.24, 2.45) is 0 Å². The lowest BCUT2D eigenvalue weighted by molar-refractivity contribution is -0.137. The second-order valence-corrected chi connectivity index (χ2v) is 11.0. The Morgan fingerprint density at radius 3 is 2.60 bits per heavy atom. The molecule has 2 aromatic heterocycles. The van der Waals surface area contributed by atoms with Crippen LogP contribution < -0.4 is 10.6 Å². The summed E-state index contributed by atoms with van der Waals surface area (Å²) in [7, 11) is 1.82. The molecule has 4 aromatic rings. The number of para-hydroxylation sites is 1. The Kier molecular flexibility index (Phi) is 9.56. The fourth-order valence-corrected chi connectivity index (χ4v) is 5.57. The number of nitrogens with zero attached hydrogens (tertiary/aromatic N) is 5. The van der Waals surface area contributed by atoms with Gasteiger partial charge >= 0.3 is 5.97 Å². The van der Waals surface area contributed by atoms with Gasteiger partial charge in [0.25, 0.3) is 5.91 Å². The average molecular weight is 583 g/mol. The van der Waals surface area contributed by atoms with Crippen molar-refractivity contribution in [2.45, 2.75) is 64.0 Å². The molecule has 1 amide bonds. The Labute approximate surface area is 250 Å². The van der Waals surface area contributed by atoms with Gasteiger partial charge in [-0.05, 0) is 56.0 Å². The van der Waals surface area contributed by atoms with E-state index in [-0.39, 0.29) is 18.4 Å². The molecule has 0 radical (unpaired) electrons. The van der Waals surface area contributed by atoms with Crippen LogP contribution in [0.5, 0.6) is 0 Å². The number of piperidine rings is 1. The highest BCUT2D eigenvalue weighted by molar-refractivity contribution is 5.99. The minimum Gasteiger partial charge on any atom is -0.481 e. The number of carbonyl (C=O) groups excluding carboxylic acids is 1. The minimum absolute atomic E-state index is 0.0376. The number of hydrogen-bond donors (Lipinski definition) is 4. The molecule has 11 nitrogen and oxygen atoms in total. The van der Waals surface area contributed by atoms with E-state index in [9.17, 15) is 14.9 Å². The van der Waals surface area contributed by atoms with E-state index in [0.717, 1.165) is 60.8 Å². The summed E-state index contributed by atoms with van der Waals surface area (Å²) in [5.41, 5.74) is 3.74. The summed E-state index contributed by atoms with van der Waals surface area (Å²) in [6.45, 7) is 1.98. The quantitative estimate of drug-likeness (QED) is 0.151. The number of unbranched alkanes of at least 4 members (excludes halogenated alkanes) is 4.